The van der Waals surface area contributed by atoms with Gasteiger partial charge in [-0.2, -0.15) is 0 Å². The van der Waals surface area contributed by atoms with E-state index in [4.69, 9.17) is 14.2 Å². The van der Waals surface area contributed by atoms with E-state index in [1.165, 1.54) is 0 Å². The third kappa shape index (κ3) is 10.3. The number of benzene rings is 3. The van der Waals surface area contributed by atoms with Crippen molar-refractivity contribution in [2.75, 3.05) is 24.8 Å². The van der Waals surface area contributed by atoms with Crippen LogP contribution in [-0.4, -0.2) is 57.0 Å². The molecule has 0 heterocycles. The number of methoxy groups -OCH3 is 1. The summed E-state index contributed by atoms with van der Waals surface area (Å²) in [6.07, 6.45) is 0.166. The molecule has 0 saturated heterocycles. The lowest BCUT2D eigenvalue weighted by atomic mass is 10.0. The molecule has 3 aromatic rings. The predicted octanol–water partition coefficient (Wildman–Crippen LogP) is 5.41. The normalized spacial score (nSPS) is 13.0. The first-order chi connectivity index (χ1) is 20.1. The Morgan fingerprint density at radius 1 is 0.907 bits per heavy atom. The lowest BCUT2D eigenvalue weighted by molar-refractivity contribution is -0.170. The molecule has 0 bridgehead atoms. The van der Waals surface area contributed by atoms with Crippen molar-refractivity contribution in [2.24, 2.45) is 0 Å². The van der Waals surface area contributed by atoms with Gasteiger partial charge in [0.05, 0.1) is 12.4 Å². The zero-order valence-corrected chi connectivity index (χ0v) is 27.0. The van der Waals surface area contributed by atoms with Crippen LogP contribution in [-0.2, 0) is 41.2 Å². The van der Waals surface area contributed by atoms with Crippen LogP contribution in [0.4, 0.5) is 5.69 Å². The first kappa shape index (κ1) is 34.0. The highest BCUT2D eigenvalue weighted by molar-refractivity contribution is 7.90. The Balaban J connectivity index is 1.62. The van der Waals surface area contributed by atoms with E-state index in [0.29, 0.717) is 30.2 Å². The molecule has 1 amide bonds. The summed E-state index contributed by atoms with van der Waals surface area (Å²) < 4.78 is 41.2. The van der Waals surface area contributed by atoms with E-state index in [1.54, 1.807) is 46.1 Å². The average Bonchev–Trinajstić information content (AvgIpc) is 2.92. The van der Waals surface area contributed by atoms with Crippen LogP contribution in [0.25, 0.3) is 10.8 Å². The second-order valence-corrected chi connectivity index (χ2v) is 14.4. The van der Waals surface area contributed by atoms with Gasteiger partial charge in [0.15, 0.2) is 15.4 Å². The van der Waals surface area contributed by atoms with Gasteiger partial charge in [-0.3, -0.25) is 4.79 Å². The number of rotatable bonds is 14. The lowest BCUT2D eigenvalue weighted by Gasteiger charge is -2.29. The zero-order chi connectivity index (χ0) is 31.8. The summed E-state index contributed by atoms with van der Waals surface area (Å²) in [7, 11) is -1.62. The Kier molecular flexibility index (Phi) is 11.3. The molecule has 1 atom stereocenters. The number of carbonyl (C=O) groups excluding carboxylic acids is 2. The molecule has 3 rings (SSSR count). The summed E-state index contributed by atoms with van der Waals surface area (Å²) in [5, 5.41) is 7.95. The minimum Gasteiger partial charge on any atom is -0.476 e. The standard InChI is InChI=1S/C33H44N2O7S/c1-8-43(38,39)22-24-11-9-13-28-27(24)12-10-14-29(28)35-30(36)19-25(21-40-7)34-20-23-15-17-26(18-16-23)41-33(5,6)31(37)42-32(2,3)4/h9-18,25,34H,8,19-22H2,1-7H3,(H,35,36). The number of carbonyl (C=O) groups is 2. The highest BCUT2D eigenvalue weighted by Gasteiger charge is 2.34. The number of hydrogen-bond donors (Lipinski definition) is 2. The van der Waals surface area contributed by atoms with Crippen LogP contribution in [0.3, 0.4) is 0 Å². The molecular weight excluding hydrogens is 568 g/mol. The molecule has 0 aliphatic rings. The van der Waals surface area contributed by atoms with E-state index in [9.17, 15) is 18.0 Å². The van der Waals surface area contributed by atoms with Gasteiger partial charge in [0.1, 0.15) is 11.4 Å². The summed E-state index contributed by atoms with van der Waals surface area (Å²) in [4.78, 5) is 25.6. The van der Waals surface area contributed by atoms with E-state index >= 15 is 0 Å². The third-order valence-corrected chi connectivity index (χ3v) is 8.31. The highest BCUT2D eigenvalue weighted by atomic mass is 32.2. The van der Waals surface area contributed by atoms with Gasteiger partial charge in [-0.25, -0.2) is 13.2 Å². The summed E-state index contributed by atoms with van der Waals surface area (Å²) >= 11 is 0. The van der Waals surface area contributed by atoms with Crippen LogP contribution < -0.4 is 15.4 Å². The molecule has 9 nitrogen and oxygen atoms in total. The molecule has 0 spiro atoms. The Labute approximate surface area is 255 Å². The van der Waals surface area contributed by atoms with Crippen LogP contribution in [0.5, 0.6) is 5.75 Å². The number of nitrogens with one attached hydrogen (secondary N) is 2. The quantitative estimate of drug-likeness (QED) is 0.232. The number of sulfone groups is 1. The van der Waals surface area contributed by atoms with E-state index in [0.717, 1.165) is 16.3 Å². The molecule has 0 saturated carbocycles. The van der Waals surface area contributed by atoms with Gasteiger partial charge in [0, 0.05) is 42.9 Å². The van der Waals surface area contributed by atoms with E-state index < -0.39 is 27.0 Å². The fraction of sp³-hybridized carbons (Fsp3) is 0.455. The van der Waals surface area contributed by atoms with Crippen LogP contribution in [0.2, 0.25) is 0 Å². The fourth-order valence-corrected chi connectivity index (χ4v) is 5.37. The molecular formula is C33H44N2O7S. The van der Waals surface area contributed by atoms with Crippen molar-refractivity contribution in [3.05, 3.63) is 71.8 Å². The molecule has 0 aliphatic heterocycles. The molecule has 2 N–H and O–H groups in total. The van der Waals surface area contributed by atoms with Crippen molar-refractivity contribution in [1.29, 1.82) is 0 Å². The molecule has 0 aliphatic carbocycles. The van der Waals surface area contributed by atoms with Gasteiger partial charge < -0.3 is 24.8 Å². The second-order valence-electron chi connectivity index (χ2n) is 12.0. The van der Waals surface area contributed by atoms with Gasteiger partial charge in [-0.05, 0) is 69.3 Å². The first-order valence-electron chi connectivity index (χ1n) is 14.4. The van der Waals surface area contributed by atoms with Crippen LogP contribution in [0.15, 0.2) is 60.7 Å². The molecule has 43 heavy (non-hydrogen) atoms. The number of fused-ring (bicyclic) bond motifs is 1. The van der Waals surface area contributed by atoms with Gasteiger partial charge in [0.2, 0.25) is 5.91 Å². The number of hydrogen-bond acceptors (Lipinski definition) is 8. The van der Waals surface area contributed by atoms with Crippen molar-refractivity contribution in [3.63, 3.8) is 0 Å². The minimum absolute atomic E-state index is 0.0489. The Hall–Kier alpha value is -3.47. The number of esters is 1. The Morgan fingerprint density at radius 3 is 2.19 bits per heavy atom. The minimum atomic E-state index is -3.21. The smallest absolute Gasteiger partial charge is 0.350 e. The maximum atomic E-state index is 13.1. The molecule has 0 fully saturated rings. The molecule has 10 heteroatoms. The number of ether oxygens (including phenoxy) is 3. The van der Waals surface area contributed by atoms with Crippen LogP contribution >= 0.6 is 0 Å². The average molecular weight is 613 g/mol. The SMILES string of the molecule is CCS(=O)(=O)Cc1cccc2c(NC(=O)CC(COC)NCc3ccc(OC(C)(C)C(=O)OC(C)(C)C)cc3)cccc12. The van der Waals surface area contributed by atoms with Crippen molar-refractivity contribution < 1.29 is 32.2 Å². The van der Waals surface area contributed by atoms with E-state index in [1.807, 2.05) is 63.2 Å². The molecule has 0 aromatic heterocycles. The molecule has 1 unspecified atom stereocenters. The second kappa shape index (κ2) is 14.3. The monoisotopic (exact) mass is 612 g/mol. The predicted molar refractivity (Wildman–Crippen MR) is 170 cm³/mol. The zero-order valence-electron chi connectivity index (χ0n) is 26.2. The highest BCUT2D eigenvalue weighted by Crippen LogP contribution is 2.28. The molecule has 234 valence electrons. The Morgan fingerprint density at radius 2 is 1.56 bits per heavy atom. The van der Waals surface area contributed by atoms with Gasteiger partial charge in [-0.1, -0.05) is 49.4 Å². The van der Waals surface area contributed by atoms with E-state index in [2.05, 4.69) is 10.6 Å². The van der Waals surface area contributed by atoms with Crippen LogP contribution in [0.1, 0.15) is 59.1 Å². The molecule has 0 radical (unpaired) electrons. The van der Waals surface area contributed by atoms with Crippen molar-refractivity contribution in [1.82, 2.24) is 5.32 Å². The third-order valence-electron chi connectivity index (χ3n) is 6.68. The van der Waals surface area contributed by atoms with Crippen LogP contribution in [0, 0.1) is 0 Å². The first-order valence-corrected chi connectivity index (χ1v) is 16.2. The lowest BCUT2D eigenvalue weighted by Crippen LogP contribution is -2.43. The summed E-state index contributed by atoms with van der Waals surface area (Å²) in [5.74, 6) is -0.0792. The number of amides is 1. The fourth-order valence-electron chi connectivity index (χ4n) is 4.44. The maximum absolute atomic E-state index is 13.1. The summed E-state index contributed by atoms with van der Waals surface area (Å²) in [6.45, 7) is 11.2. The molecule has 3 aromatic carbocycles. The summed E-state index contributed by atoms with van der Waals surface area (Å²) in [6, 6.07) is 18.1. The van der Waals surface area contributed by atoms with Gasteiger partial charge >= 0.3 is 5.97 Å². The Bertz CT molecular complexity index is 1510. The van der Waals surface area contributed by atoms with E-state index in [-0.39, 0.29) is 29.9 Å². The van der Waals surface area contributed by atoms with Gasteiger partial charge in [0.25, 0.3) is 0 Å². The van der Waals surface area contributed by atoms with Gasteiger partial charge in [-0.15, -0.1) is 0 Å². The van der Waals surface area contributed by atoms with Crippen molar-refractivity contribution in [2.45, 2.75) is 77.5 Å². The van der Waals surface area contributed by atoms with Crippen molar-refractivity contribution >= 4 is 38.2 Å². The largest absolute Gasteiger partial charge is 0.476 e. The topological polar surface area (TPSA) is 120 Å². The summed E-state index contributed by atoms with van der Waals surface area (Å²) in [5.41, 5.74) is 0.537. The number of anilines is 1. The maximum Gasteiger partial charge on any atom is 0.350 e. The van der Waals surface area contributed by atoms with Crippen molar-refractivity contribution in [3.8, 4) is 5.75 Å².